The van der Waals surface area contributed by atoms with Gasteiger partial charge in [0.1, 0.15) is 0 Å². The summed E-state index contributed by atoms with van der Waals surface area (Å²) in [5, 5.41) is 8.97. The molecule has 2 rings (SSSR count). The van der Waals surface area contributed by atoms with Crippen LogP contribution in [0.15, 0.2) is 53.4 Å². The number of aliphatic carboxylic acids is 1. The molecule has 0 fully saturated rings. The topological polar surface area (TPSA) is 54.4 Å². The minimum Gasteiger partial charge on any atom is -0.481 e. The van der Waals surface area contributed by atoms with Gasteiger partial charge in [0, 0.05) is 4.90 Å². The van der Waals surface area contributed by atoms with Crippen LogP contribution in [0.5, 0.6) is 0 Å². The zero-order chi connectivity index (χ0) is 15.4. The highest BCUT2D eigenvalue weighted by Gasteiger charge is 2.13. The fourth-order valence-electron chi connectivity index (χ4n) is 1.97. The van der Waals surface area contributed by atoms with Crippen LogP contribution in [-0.2, 0) is 21.3 Å². The highest BCUT2D eigenvalue weighted by molar-refractivity contribution is 7.84. The Balaban J connectivity index is 2.08. The molecule has 0 spiro atoms. The average molecular weight is 302 g/mol. The lowest BCUT2D eigenvalue weighted by Gasteiger charge is -2.08. The van der Waals surface area contributed by atoms with Crippen LogP contribution in [-0.4, -0.2) is 15.3 Å². The molecule has 3 nitrogen and oxygen atoms in total. The summed E-state index contributed by atoms with van der Waals surface area (Å²) >= 11 is 0. The van der Waals surface area contributed by atoms with Gasteiger partial charge in [-0.05, 0) is 37.1 Å². The van der Waals surface area contributed by atoms with Gasteiger partial charge in [0.15, 0.2) is 0 Å². The Morgan fingerprint density at radius 3 is 2.19 bits per heavy atom. The van der Waals surface area contributed by atoms with Crippen LogP contribution in [0, 0.1) is 6.92 Å². The van der Waals surface area contributed by atoms with E-state index in [-0.39, 0.29) is 0 Å². The van der Waals surface area contributed by atoms with Crippen LogP contribution in [0.25, 0.3) is 0 Å². The van der Waals surface area contributed by atoms with E-state index in [2.05, 4.69) is 0 Å². The van der Waals surface area contributed by atoms with Gasteiger partial charge in [0.2, 0.25) is 0 Å². The second-order valence-electron chi connectivity index (χ2n) is 5.10. The van der Waals surface area contributed by atoms with E-state index in [1.807, 2.05) is 43.3 Å². The van der Waals surface area contributed by atoms with Gasteiger partial charge >= 0.3 is 5.97 Å². The van der Waals surface area contributed by atoms with Crippen LogP contribution in [0.4, 0.5) is 0 Å². The summed E-state index contributed by atoms with van der Waals surface area (Å²) in [5.41, 5.74) is 2.84. The van der Waals surface area contributed by atoms with Crippen LogP contribution in [0.3, 0.4) is 0 Å². The van der Waals surface area contributed by atoms with Gasteiger partial charge in [-0.25, -0.2) is 0 Å². The number of rotatable bonds is 5. The van der Waals surface area contributed by atoms with Gasteiger partial charge in [0.25, 0.3) is 0 Å². The summed E-state index contributed by atoms with van der Waals surface area (Å²) in [6, 6.07) is 14.9. The zero-order valence-corrected chi connectivity index (χ0v) is 12.9. The summed E-state index contributed by atoms with van der Waals surface area (Å²) in [7, 11) is -1.09. The zero-order valence-electron chi connectivity index (χ0n) is 12.1. The van der Waals surface area contributed by atoms with Crippen molar-refractivity contribution in [2.24, 2.45) is 0 Å². The predicted molar refractivity (Wildman–Crippen MR) is 83.8 cm³/mol. The summed E-state index contributed by atoms with van der Waals surface area (Å²) < 4.78 is 12.3. The van der Waals surface area contributed by atoms with Crippen molar-refractivity contribution >= 4 is 16.8 Å². The molecular formula is C17H18O3S. The fraction of sp³-hybridized carbons (Fsp3) is 0.235. The van der Waals surface area contributed by atoms with Crippen molar-refractivity contribution in [2.75, 3.05) is 0 Å². The lowest BCUT2D eigenvalue weighted by Crippen LogP contribution is -2.07. The molecule has 0 aliphatic carbocycles. The maximum Gasteiger partial charge on any atom is 0.310 e. The Morgan fingerprint density at radius 1 is 1.10 bits per heavy atom. The first-order valence-electron chi connectivity index (χ1n) is 6.74. The second-order valence-corrected chi connectivity index (χ2v) is 6.56. The molecule has 4 heteroatoms. The first-order chi connectivity index (χ1) is 9.97. The molecule has 2 aromatic carbocycles. The van der Waals surface area contributed by atoms with Gasteiger partial charge in [-0.15, -0.1) is 0 Å². The van der Waals surface area contributed by atoms with E-state index in [1.54, 1.807) is 19.1 Å². The Morgan fingerprint density at radius 2 is 1.67 bits per heavy atom. The van der Waals surface area contributed by atoms with Gasteiger partial charge in [-0.2, -0.15) is 0 Å². The minimum atomic E-state index is -1.09. The second kappa shape index (κ2) is 6.68. The van der Waals surface area contributed by atoms with Crippen LogP contribution >= 0.6 is 0 Å². The number of carboxylic acids is 1. The van der Waals surface area contributed by atoms with Crippen LogP contribution in [0.2, 0.25) is 0 Å². The third-order valence-electron chi connectivity index (χ3n) is 3.43. The standard InChI is InChI=1S/C17H18O3S/c1-12-3-9-16(10-4-12)21(20)11-14-5-7-15(8-6-14)13(2)17(18)19/h3-10,13H,11H2,1-2H3,(H,18,19). The lowest BCUT2D eigenvalue weighted by molar-refractivity contribution is -0.138. The largest absolute Gasteiger partial charge is 0.481 e. The number of benzene rings is 2. The lowest BCUT2D eigenvalue weighted by atomic mass is 10.0. The van der Waals surface area contributed by atoms with Crippen LogP contribution < -0.4 is 0 Å². The predicted octanol–water partition coefficient (Wildman–Crippen LogP) is 3.49. The van der Waals surface area contributed by atoms with E-state index in [0.29, 0.717) is 5.75 Å². The first kappa shape index (κ1) is 15.4. The molecule has 0 saturated heterocycles. The fourth-order valence-corrected chi connectivity index (χ4v) is 3.07. The van der Waals surface area contributed by atoms with Gasteiger partial charge in [-0.3, -0.25) is 9.00 Å². The molecule has 2 atom stereocenters. The molecular weight excluding hydrogens is 284 g/mol. The molecule has 0 heterocycles. The van der Waals surface area contributed by atoms with Crippen molar-refractivity contribution in [1.82, 2.24) is 0 Å². The number of hydrogen-bond donors (Lipinski definition) is 1. The highest BCUT2D eigenvalue weighted by Crippen LogP contribution is 2.18. The molecule has 0 aliphatic heterocycles. The van der Waals surface area contributed by atoms with Crippen molar-refractivity contribution in [3.63, 3.8) is 0 Å². The maximum absolute atomic E-state index is 12.3. The third kappa shape index (κ3) is 4.02. The Kier molecular flexibility index (Phi) is 4.91. The molecule has 2 unspecified atom stereocenters. The van der Waals surface area contributed by atoms with E-state index < -0.39 is 22.7 Å². The van der Waals surface area contributed by atoms with Gasteiger partial charge < -0.3 is 5.11 Å². The van der Waals surface area contributed by atoms with E-state index >= 15 is 0 Å². The van der Waals surface area contributed by atoms with E-state index in [9.17, 15) is 9.00 Å². The minimum absolute atomic E-state index is 0.435. The highest BCUT2D eigenvalue weighted by atomic mass is 32.2. The molecule has 0 aliphatic rings. The Hall–Kier alpha value is -1.94. The number of carbonyl (C=O) groups is 1. The monoisotopic (exact) mass is 302 g/mol. The molecule has 0 amide bonds. The summed E-state index contributed by atoms with van der Waals surface area (Å²) in [5.74, 6) is -0.933. The smallest absolute Gasteiger partial charge is 0.310 e. The SMILES string of the molecule is Cc1ccc(S(=O)Cc2ccc(C(C)C(=O)O)cc2)cc1. The van der Waals surface area contributed by atoms with Gasteiger partial charge in [0.05, 0.1) is 22.5 Å². The summed E-state index contributed by atoms with van der Waals surface area (Å²) in [6.07, 6.45) is 0. The third-order valence-corrected chi connectivity index (χ3v) is 4.83. The molecule has 21 heavy (non-hydrogen) atoms. The molecule has 0 saturated carbocycles. The Labute approximate surface area is 127 Å². The van der Waals surface area contributed by atoms with E-state index in [0.717, 1.165) is 21.6 Å². The molecule has 110 valence electrons. The van der Waals surface area contributed by atoms with Gasteiger partial charge in [-0.1, -0.05) is 42.0 Å². The van der Waals surface area contributed by atoms with E-state index in [4.69, 9.17) is 5.11 Å². The molecule has 0 aromatic heterocycles. The van der Waals surface area contributed by atoms with Crippen molar-refractivity contribution in [3.05, 3.63) is 65.2 Å². The van der Waals surface area contributed by atoms with Crippen molar-refractivity contribution in [2.45, 2.75) is 30.4 Å². The quantitative estimate of drug-likeness (QED) is 0.920. The normalized spacial score (nSPS) is 13.6. The molecule has 0 bridgehead atoms. The molecule has 1 N–H and O–H groups in total. The maximum atomic E-state index is 12.3. The summed E-state index contributed by atoms with van der Waals surface area (Å²) in [6.45, 7) is 3.65. The van der Waals surface area contributed by atoms with Crippen molar-refractivity contribution in [1.29, 1.82) is 0 Å². The average Bonchev–Trinajstić information content (AvgIpc) is 2.47. The summed E-state index contributed by atoms with van der Waals surface area (Å²) in [4.78, 5) is 11.7. The first-order valence-corrected chi connectivity index (χ1v) is 8.06. The van der Waals surface area contributed by atoms with Crippen molar-refractivity contribution in [3.8, 4) is 0 Å². The van der Waals surface area contributed by atoms with Crippen molar-refractivity contribution < 1.29 is 14.1 Å². The molecule has 2 aromatic rings. The molecule has 0 radical (unpaired) electrons. The van der Waals surface area contributed by atoms with E-state index in [1.165, 1.54) is 0 Å². The number of carboxylic acid groups (broad SMARTS) is 1. The number of aryl methyl sites for hydroxylation is 1. The Bertz CT molecular complexity index is 645. The number of hydrogen-bond acceptors (Lipinski definition) is 2. The van der Waals surface area contributed by atoms with Crippen LogP contribution in [0.1, 0.15) is 29.5 Å².